The van der Waals surface area contributed by atoms with Crippen LogP contribution in [-0.2, 0) is 0 Å². The summed E-state index contributed by atoms with van der Waals surface area (Å²) in [6, 6.07) is 1.94. The molecule has 0 unspecified atom stereocenters. The second kappa shape index (κ2) is 3.98. The molecule has 0 amide bonds. The van der Waals surface area contributed by atoms with Crippen LogP contribution in [0.4, 0.5) is 0 Å². The van der Waals surface area contributed by atoms with Crippen LogP contribution >= 0.6 is 0 Å². The lowest BCUT2D eigenvalue weighted by Gasteiger charge is -1.96. The van der Waals surface area contributed by atoms with Crippen LogP contribution in [0.1, 0.15) is 12.5 Å². The van der Waals surface area contributed by atoms with Crippen molar-refractivity contribution in [1.29, 1.82) is 0 Å². The van der Waals surface area contributed by atoms with E-state index >= 15 is 0 Å². The van der Waals surface area contributed by atoms with Crippen molar-refractivity contribution >= 4 is 6.08 Å². The van der Waals surface area contributed by atoms with Gasteiger partial charge in [0.05, 0.1) is 12.5 Å². The Bertz CT molecular complexity index is 224. The molecule has 0 fully saturated rings. The summed E-state index contributed by atoms with van der Waals surface area (Å²) in [4.78, 5) is 0. The third-order valence-electron chi connectivity index (χ3n) is 1.41. The van der Waals surface area contributed by atoms with E-state index in [9.17, 15) is 0 Å². The first kappa shape index (κ1) is 8.08. The van der Waals surface area contributed by atoms with Gasteiger partial charge in [-0.2, -0.15) is 0 Å². The van der Waals surface area contributed by atoms with E-state index in [1.54, 1.807) is 12.5 Å². The van der Waals surface area contributed by atoms with Crippen LogP contribution in [0.2, 0.25) is 0 Å². The molecule has 1 rings (SSSR count). The normalized spacial score (nSPS) is 12.0. The number of hydrogen-bond donors (Lipinski definition) is 1. The van der Waals surface area contributed by atoms with Crippen molar-refractivity contribution in [3.8, 4) is 0 Å². The van der Waals surface area contributed by atoms with Gasteiger partial charge in [-0.05, 0) is 20.0 Å². The second-order valence-corrected chi connectivity index (χ2v) is 2.58. The molecular weight excluding hydrogens is 138 g/mol. The van der Waals surface area contributed by atoms with E-state index in [0.717, 1.165) is 12.1 Å². The van der Waals surface area contributed by atoms with Gasteiger partial charge in [-0.25, -0.2) is 0 Å². The van der Waals surface area contributed by atoms with Crippen LogP contribution in [0.3, 0.4) is 0 Å². The molecule has 1 N–H and O–H groups in total. The molecule has 0 aliphatic carbocycles. The van der Waals surface area contributed by atoms with Gasteiger partial charge in [0.25, 0.3) is 0 Å². The smallest absolute Gasteiger partial charge is 0.0974 e. The van der Waals surface area contributed by atoms with Gasteiger partial charge < -0.3 is 9.73 Å². The third-order valence-corrected chi connectivity index (χ3v) is 1.41. The fraction of sp³-hybridized carbons (Fsp3) is 0.333. The zero-order valence-electron chi connectivity index (χ0n) is 6.92. The molecule has 0 saturated carbocycles. The maximum absolute atomic E-state index is 4.93. The van der Waals surface area contributed by atoms with Gasteiger partial charge in [-0.1, -0.05) is 11.6 Å². The first-order valence-corrected chi connectivity index (χ1v) is 3.67. The molecule has 0 radical (unpaired) electrons. The molecule has 0 atom stereocenters. The molecule has 1 aromatic heterocycles. The molecule has 1 aromatic rings. The van der Waals surface area contributed by atoms with E-state index in [1.807, 2.05) is 13.1 Å². The van der Waals surface area contributed by atoms with Gasteiger partial charge in [-0.15, -0.1) is 0 Å². The van der Waals surface area contributed by atoms with Crippen molar-refractivity contribution in [2.24, 2.45) is 0 Å². The Kier molecular flexibility index (Phi) is 2.93. The van der Waals surface area contributed by atoms with Gasteiger partial charge >= 0.3 is 0 Å². The SMILES string of the molecule is CNCC(C)=Cc1ccoc1. The predicted octanol–water partition coefficient (Wildman–Crippen LogP) is 1.90. The zero-order chi connectivity index (χ0) is 8.10. The molecule has 1 heterocycles. The quantitative estimate of drug-likeness (QED) is 0.713. The van der Waals surface area contributed by atoms with E-state index in [4.69, 9.17) is 4.42 Å². The van der Waals surface area contributed by atoms with Crippen LogP contribution in [-0.4, -0.2) is 13.6 Å². The Labute approximate surface area is 66.9 Å². The van der Waals surface area contributed by atoms with E-state index in [2.05, 4.69) is 18.3 Å². The predicted molar refractivity (Wildman–Crippen MR) is 46.3 cm³/mol. The lowest BCUT2D eigenvalue weighted by molar-refractivity contribution is 0.567. The summed E-state index contributed by atoms with van der Waals surface area (Å²) in [5.74, 6) is 0. The van der Waals surface area contributed by atoms with Crippen molar-refractivity contribution < 1.29 is 4.42 Å². The number of rotatable bonds is 3. The highest BCUT2D eigenvalue weighted by Gasteiger charge is 1.90. The number of hydrogen-bond acceptors (Lipinski definition) is 2. The summed E-state index contributed by atoms with van der Waals surface area (Å²) >= 11 is 0. The first-order chi connectivity index (χ1) is 5.33. The number of likely N-dealkylation sites (N-methyl/N-ethyl adjacent to an activating group) is 1. The molecule has 0 spiro atoms. The summed E-state index contributed by atoms with van der Waals surface area (Å²) < 4.78 is 4.93. The summed E-state index contributed by atoms with van der Waals surface area (Å²) in [5.41, 5.74) is 2.42. The fourth-order valence-electron chi connectivity index (χ4n) is 0.972. The molecule has 0 saturated heterocycles. The summed E-state index contributed by atoms with van der Waals surface area (Å²) in [5, 5.41) is 3.08. The Morgan fingerprint density at radius 2 is 2.55 bits per heavy atom. The molecule has 60 valence electrons. The largest absolute Gasteiger partial charge is 0.472 e. The minimum Gasteiger partial charge on any atom is -0.472 e. The lowest BCUT2D eigenvalue weighted by atomic mass is 10.2. The summed E-state index contributed by atoms with van der Waals surface area (Å²) in [7, 11) is 1.94. The van der Waals surface area contributed by atoms with E-state index in [1.165, 1.54) is 5.57 Å². The van der Waals surface area contributed by atoms with Gasteiger partial charge in [0.1, 0.15) is 0 Å². The van der Waals surface area contributed by atoms with Crippen LogP contribution in [0.5, 0.6) is 0 Å². The zero-order valence-corrected chi connectivity index (χ0v) is 6.92. The number of nitrogens with one attached hydrogen (secondary N) is 1. The highest BCUT2D eigenvalue weighted by atomic mass is 16.3. The van der Waals surface area contributed by atoms with Gasteiger partial charge in [0, 0.05) is 12.1 Å². The van der Waals surface area contributed by atoms with Gasteiger partial charge in [0.2, 0.25) is 0 Å². The topological polar surface area (TPSA) is 25.2 Å². The Morgan fingerprint density at radius 3 is 3.09 bits per heavy atom. The highest BCUT2D eigenvalue weighted by Crippen LogP contribution is 2.05. The van der Waals surface area contributed by atoms with Crippen molar-refractivity contribution in [2.45, 2.75) is 6.92 Å². The third kappa shape index (κ3) is 2.60. The molecule has 2 nitrogen and oxygen atoms in total. The molecule has 0 bridgehead atoms. The van der Waals surface area contributed by atoms with Crippen molar-refractivity contribution in [2.75, 3.05) is 13.6 Å². The Balaban J connectivity index is 2.58. The van der Waals surface area contributed by atoms with Crippen LogP contribution in [0.15, 0.2) is 28.6 Å². The van der Waals surface area contributed by atoms with Crippen molar-refractivity contribution in [3.63, 3.8) is 0 Å². The standard InChI is InChI=1S/C9H13NO/c1-8(6-10-2)5-9-3-4-11-7-9/h3-5,7,10H,6H2,1-2H3. The van der Waals surface area contributed by atoms with E-state index in [0.29, 0.717) is 0 Å². The minimum absolute atomic E-state index is 0.922. The maximum atomic E-state index is 4.93. The average Bonchev–Trinajstić information content (AvgIpc) is 2.40. The van der Waals surface area contributed by atoms with Gasteiger partial charge in [0.15, 0.2) is 0 Å². The fourth-order valence-corrected chi connectivity index (χ4v) is 0.972. The average molecular weight is 151 g/mol. The van der Waals surface area contributed by atoms with Crippen LogP contribution < -0.4 is 5.32 Å². The Morgan fingerprint density at radius 1 is 1.73 bits per heavy atom. The summed E-state index contributed by atoms with van der Waals surface area (Å²) in [6.07, 6.45) is 5.51. The molecule has 2 heteroatoms. The molecule has 11 heavy (non-hydrogen) atoms. The van der Waals surface area contributed by atoms with Gasteiger partial charge in [-0.3, -0.25) is 0 Å². The van der Waals surface area contributed by atoms with Crippen molar-refractivity contribution in [1.82, 2.24) is 5.32 Å². The van der Waals surface area contributed by atoms with E-state index in [-0.39, 0.29) is 0 Å². The van der Waals surface area contributed by atoms with Crippen LogP contribution in [0.25, 0.3) is 6.08 Å². The maximum Gasteiger partial charge on any atom is 0.0974 e. The second-order valence-electron chi connectivity index (χ2n) is 2.58. The number of furan rings is 1. The molecule has 0 aliphatic rings. The van der Waals surface area contributed by atoms with Crippen molar-refractivity contribution in [3.05, 3.63) is 29.7 Å². The van der Waals surface area contributed by atoms with E-state index < -0.39 is 0 Å². The minimum atomic E-state index is 0.922. The van der Waals surface area contributed by atoms with Crippen LogP contribution in [0, 0.1) is 0 Å². The lowest BCUT2D eigenvalue weighted by Crippen LogP contribution is -2.08. The summed E-state index contributed by atoms with van der Waals surface area (Å²) in [6.45, 7) is 3.01. The molecular formula is C9H13NO. The molecule has 0 aromatic carbocycles. The Hall–Kier alpha value is -1.02. The molecule has 0 aliphatic heterocycles. The highest BCUT2D eigenvalue weighted by molar-refractivity contribution is 5.50. The first-order valence-electron chi connectivity index (χ1n) is 3.67. The monoisotopic (exact) mass is 151 g/mol.